The van der Waals surface area contributed by atoms with Crippen molar-refractivity contribution in [3.8, 4) is 6.07 Å². The highest BCUT2D eigenvalue weighted by Gasteiger charge is 2.48. The van der Waals surface area contributed by atoms with Gasteiger partial charge in [-0.25, -0.2) is 4.79 Å². The minimum Gasteiger partial charge on any atom is -0.478 e. The van der Waals surface area contributed by atoms with E-state index in [1.807, 2.05) is 0 Å². The summed E-state index contributed by atoms with van der Waals surface area (Å²) in [6, 6.07) is 1.63. The number of thiol groups is 1. The molecule has 0 aromatic carbocycles. The number of carboxylic acids is 1. The fraction of sp³-hybridized carbons (Fsp3) is 0.833. The van der Waals surface area contributed by atoms with E-state index in [-0.39, 0.29) is 12.2 Å². The molecule has 4 aliphatic rings. The molecule has 4 rings (SSSR count). The Hall–Kier alpha value is -1.26. The third-order valence-corrected chi connectivity index (χ3v) is 6.12. The Morgan fingerprint density at radius 3 is 2.08 bits per heavy atom. The molecule has 25 heavy (non-hydrogen) atoms. The number of rotatable bonds is 5. The molecule has 4 fully saturated rings. The van der Waals surface area contributed by atoms with Gasteiger partial charge in [0.1, 0.15) is 0 Å². The number of hydrogen-bond donors (Lipinski definition) is 3. The van der Waals surface area contributed by atoms with Crippen LogP contribution in [0, 0.1) is 35.0 Å². The summed E-state index contributed by atoms with van der Waals surface area (Å²) in [4.78, 5) is 21.6. The molecule has 0 saturated heterocycles. The number of nitrogens with zero attached hydrogens (tertiary/aromatic N) is 1. The lowest BCUT2D eigenvalue weighted by Crippen LogP contribution is -2.55. The van der Waals surface area contributed by atoms with Gasteiger partial charge in [0.05, 0.1) is 18.4 Å². The summed E-state index contributed by atoms with van der Waals surface area (Å²) in [6.45, 7) is 1.57. The fourth-order valence-electron chi connectivity index (χ4n) is 4.77. The Bertz CT molecular complexity index is 510. The molecule has 0 amide bonds. The third kappa shape index (κ3) is 5.35. The number of aliphatic carboxylic acids is 1. The Kier molecular flexibility index (Phi) is 6.75. The van der Waals surface area contributed by atoms with Crippen molar-refractivity contribution < 1.29 is 19.4 Å². The second-order valence-electron chi connectivity index (χ2n) is 7.99. The number of carboxylic acid groups (broad SMARTS) is 1. The Morgan fingerprint density at radius 2 is 1.76 bits per heavy atom. The lowest BCUT2D eigenvalue weighted by molar-refractivity contribution is -0.165. The maximum absolute atomic E-state index is 11.1. The smallest absolute Gasteiger partial charge is 0.346 e. The lowest BCUT2D eigenvalue weighted by Gasteiger charge is -2.55. The summed E-state index contributed by atoms with van der Waals surface area (Å²) in [6.07, 6.45) is 6.84. The summed E-state index contributed by atoms with van der Waals surface area (Å²) in [5, 5.41) is 16.8. The van der Waals surface area contributed by atoms with Crippen molar-refractivity contribution in [2.75, 3.05) is 5.75 Å². The number of carbonyl (C=O) groups excluding carboxylic acids is 1. The van der Waals surface area contributed by atoms with E-state index in [0.29, 0.717) is 5.54 Å². The molecular weight excluding hydrogens is 340 g/mol. The minimum atomic E-state index is -1.38. The van der Waals surface area contributed by atoms with Crippen LogP contribution < -0.4 is 5.73 Å². The molecule has 4 aliphatic carbocycles. The van der Waals surface area contributed by atoms with Crippen molar-refractivity contribution in [3.63, 3.8) is 0 Å². The average Bonchev–Trinajstić information content (AvgIpc) is 2.51. The molecule has 2 atom stereocenters. The first-order valence-electron chi connectivity index (χ1n) is 8.96. The van der Waals surface area contributed by atoms with Crippen molar-refractivity contribution in [1.29, 1.82) is 5.26 Å². The highest BCUT2D eigenvalue weighted by molar-refractivity contribution is 7.80. The maximum Gasteiger partial charge on any atom is 0.346 e. The maximum atomic E-state index is 11.1. The summed E-state index contributed by atoms with van der Waals surface area (Å²) in [7, 11) is 0. The van der Waals surface area contributed by atoms with Crippen molar-refractivity contribution in [2.45, 2.75) is 63.5 Å². The standard InChI is InChI=1S/C10H17N.C8H11NO4S/c11-10-4-7-1-8(5-10)3-9(2-7)6-10;1-5(4-14)8(12)13-6(2-3-9)7(10)11/h7-9H,1-6,11H2;5-6,14H,2,4H2,1H3,(H,10,11)/t;5-,6+/m.1/s1. The molecule has 0 radical (unpaired) electrons. The summed E-state index contributed by atoms with van der Waals surface area (Å²) in [5.74, 6) is 0.897. The van der Waals surface area contributed by atoms with Gasteiger partial charge in [-0.2, -0.15) is 17.9 Å². The van der Waals surface area contributed by atoms with E-state index in [2.05, 4.69) is 17.4 Å². The molecule has 0 aromatic rings. The molecule has 6 nitrogen and oxygen atoms in total. The molecule has 0 heterocycles. The van der Waals surface area contributed by atoms with Crippen LogP contribution in [-0.2, 0) is 14.3 Å². The van der Waals surface area contributed by atoms with Crippen LogP contribution in [0.1, 0.15) is 51.9 Å². The second-order valence-corrected chi connectivity index (χ2v) is 8.35. The number of carbonyl (C=O) groups is 2. The predicted octanol–water partition coefficient (Wildman–Crippen LogP) is 2.38. The van der Waals surface area contributed by atoms with Gasteiger partial charge in [-0.15, -0.1) is 0 Å². The van der Waals surface area contributed by atoms with E-state index in [0.717, 1.165) is 17.8 Å². The summed E-state index contributed by atoms with van der Waals surface area (Å²) in [5.41, 5.74) is 6.62. The molecule has 0 aliphatic heterocycles. The average molecular weight is 368 g/mol. The molecular formula is C18H28N2O4S. The van der Waals surface area contributed by atoms with E-state index in [1.54, 1.807) is 13.0 Å². The quantitative estimate of drug-likeness (QED) is 0.507. The number of nitriles is 1. The first kappa shape index (κ1) is 20.1. The Labute approximate surface area is 154 Å². The summed E-state index contributed by atoms with van der Waals surface area (Å²) >= 11 is 3.87. The Morgan fingerprint density at radius 1 is 1.28 bits per heavy atom. The number of ether oxygens (including phenoxy) is 1. The Balaban J connectivity index is 0.000000183. The van der Waals surface area contributed by atoms with Crippen molar-refractivity contribution in [2.24, 2.45) is 29.4 Å². The number of hydrogen-bond acceptors (Lipinski definition) is 6. The third-order valence-electron chi connectivity index (χ3n) is 5.57. The van der Waals surface area contributed by atoms with Gasteiger partial charge >= 0.3 is 11.9 Å². The van der Waals surface area contributed by atoms with Crippen LogP contribution in [0.4, 0.5) is 0 Å². The lowest BCUT2D eigenvalue weighted by atomic mass is 9.53. The predicted molar refractivity (Wildman–Crippen MR) is 95.9 cm³/mol. The van der Waals surface area contributed by atoms with Crippen LogP contribution in [-0.4, -0.2) is 34.4 Å². The molecule has 0 spiro atoms. The first-order valence-corrected chi connectivity index (χ1v) is 9.59. The first-order chi connectivity index (χ1) is 11.8. The largest absolute Gasteiger partial charge is 0.478 e. The molecule has 140 valence electrons. The highest BCUT2D eigenvalue weighted by atomic mass is 32.1. The van der Waals surface area contributed by atoms with E-state index in [4.69, 9.17) is 16.1 Å². The highest BCUT2D eigenvalue weighted by Crippen LogP contribution is 2.54. The van der Waals surface area contributed by atoms with Crippen molar-refractivity contribution >= 4 is 24.6 Å². The van der Waals surface area contributed by atoms with Crippen LogP contribution in [0.15, 0.2) is 0 Å². The molecule has 3 N–H and O–H groups in total. The van der Waals surface area contributed by atoms with E-state index < -0.39 is 24.0 Å². The van der Waals surface area contributed by atoms with E-state index >= 15 is 0 Å². The molecule has 4 saturated carbocycles. The summed E-state index contributed by atoms with van der Waals surface area (Å²) < 4.78 is 4.60. The van der Waals surface area contributed by atoms with Crippen LogP contribution in [0.3, 0.4) is 0 Å². The number of esters is 1. The fourth-order valence-corrected chi connectivity index (χ4v) is 4.92. The van der Waals surface area contributed by atoms with Crippen LogP contribution >= 0.6 is 12.6 Å². The van der Waals surface area contributed by atoms with Gasteiger partial charge < -0.3 is 15.6 Å². The van der Waals surface area contributed by atoms with Gasteiger partial charge in [-0.05, 0) is 56.3 Å². The van der Waals surface area contributed by atoms with Crippen LogP contribution in [0.25, 0.3) is 0 Å². The molecule has 7 heteroatoms. The van der Waals surface area contributed by atoms with Gasteiger partial charge in [-0.3, -0.25) is 4.79 Å². The molecule has 4 bridgehead atoms. The van der Waals surface area contributed by atoms with Gasteiger partial charge in [0.15, 0.2) is 0 Å². The van der Waals surface area contributed by atoms with Crippen molar-refractivity contribution in [1.82, 2.24) is 0 Å². The van der Waals surface area contributed by atoms with Gasteiger partial charge in [0.25, 0.3) is 0 Å². The normalized spacial score (nSPS) is 34.2. The minimum absolute atomic E-state index is 0.276. The van der Waals surface area contributed by atoms with E-state index in [9.17, 15) is 9.59 Å². The zero-order chi connectivity index (χ0) is 18.6. The van der Waals surface area contributed by atoms with Gasteiger partial charge in [0, 0.05) is 11.3 Å². The number of nitrogens with two attached hydrogens (primary N) is 1. The van der Waals surface area contributed by atoms with Gasteiger partial charge in [-0.1, -0.05) is 6.92 Å². The SMILES string of the molecule is C[C@H](CS)C(=O)O[C@@H](CC#N)C(=O)O.NC12CC3CC(CC(C3)C1)C2. The molecule has 0 unspecified atom stereocenters. The van der Waals surface area contributed by atoms with Crippen LogP contribution in [0.2, 0.25) is 0 Å². The van der Waals surface area contributed by atoms with Crippen LogP contribution in [0.5, 0.6) is 0 Å². The second kappa shape index (κ2) is 8.41. The van der Waals surface area contributed by atoms with Gasteiger partial charge in [0.2, 0.25) is 6.10 Å². The zero-order valence-corrected chi connectivity index (χ0v) is 15.6. The topological polar surface area (TPSA) is 113 Å². The molecule has 0 aromatic heterocycles. The van der Waals surface area contributed by atoms with Crippen molar-refractivity contribution in [3.05, 3.63) is 0 Å². The zero-order valence-electron chi connectivity index (χ0n) is 14.7. The van der Waals surface area contributed by atoms with E-state index in [1.165, 1.54) is 38.5 Å². The monoisotopic (exact) mass is 368 g/mol.